The Morgan fingerprint density at radius 3 is 2.83 bits per heavy atom. The topological polar surface area (TPSA) is 52.1 Å². The van der Waals surface area contributed by atoms with Gasteiger partial charge in [0.1, 0.15) is 5.75 Å². The van der Waals surface area contributed by atoms with Gasteiger partial charge in [-0.3, -0.25) is 4.79 Å². The summed E-state index contributed by atoms with van der Waals surface area (Å²) in [6.45, 7) is 2.07. The number of nitrogens with zero attached hydrogens (tertiary/aromatic N) is 2. The predicted octanol–water partition coefficient (Wildman–Crippen LogP) is 2.53. The van der Waals surface area contributed by atoms with Crippen molar-refractivity contribution in [2.24, 2.45) is 0 Å². The summed E-state index contributed by atoms with van der Waals surface area (Å²) in [5, 5.41) is 0. The third kappa shape index (κ3) is 2.37. The minimum atomic E-state index is 0.196. The van der Waals surface area contributed by atoms with Crippen molar-refractivity contribution < 1.29 is 9.53 Å². The van der Waals surface area contributed by atoms with E-state index in [4.69, 9.17) is 4.74 Å². The van der Waals surface area contributed by atoms with Gasteiger partial charge in [0.25, 0.3) is 0 Å². The van der Waals surface area contributed by atoms with Crippen LogP contribution >= 0.6 is 0 Å². The molecular formula is C14H14N2O2. The van der Waals surface area contributed by atoms with Crippen molar-refractivity contribution in [3.05, 3.63) is 41.9 Å². The van der Waals surface area contributed by atoms with E-state index < -0.39 is 0 Å². The molecule has 0 amide bonds. The Morgan fingerprint density at radius 2 is 2.17 bits per heavy atom. The van der Waals surface area contributed by atoms with E-state index >= 15 is 0 Å². The maximum Gasteiger partial charge on any atom is 0.193 e. The number of methoxy groups -OCH3 is 1. The van der Waals surface area contributed by atoms with E-state index in [9.17, 15) is 4.79 Å². The van der Waals surface area contributed by atoms with E-state index in [0.717, 1.165) is 29.0 Å². The summed E-state index contributed by atoms with van der Waals surface area (Å²) < 4.78 is 5.28. The smallest absolute Gasteiger partial charge is 0.193 e. The number of aryl methyl sites for hydroxylation is 1. The summed E-state index contributed by atoms with van der Waals surface area (Å²) >= 11 is 0. The minimum Gasteiger partial charge on any atom is -0.496 e. The van der Waals surface area contributed by atoms with Crippen molar-refractivity contribution >= 4 is 6.29 Å². The summed E-state index contributed by atoms with van der Waals surface area (Å²) in [5.41, 5.74) is 2.81. The van der Waals surface area contributed by atoms with Gasteiger partial charge in [0.05, 0.1) is 12.8 Å². The summed E-state index contributed by atoms with van der Waals surface area (Å²) in [6, 6.07) is 7.65. The molecule has 0 aliphatic rings. The molecule has 0 aliphatic carbocycles. The molecule has 0 aliphatic heterocycles. The van der Waals surface area contributed by atoms with Gasteiger partial charge in [0.15, 0.2) is 12.1 Å². The average Bonchev–Trinajstić information content (AvgIpc) is 2.46. The van der Waals surface area contributed by atoms with Crippen LogP contribution in [0.2, 0.25) is 0 Å². The van der Waals surface area contributed by atoms with Gasteiger partial charge in [0, 0.05) is 11.8 Å². The lowest BCUT2D eigenvalue weighted by Gasteiger charge is -2.09. The van der Waals surface area contributed by atoms with Gasteiger partial charge in [-0.15, -0.1) is 0 Å². The molecule has 2 aromatic rings. The number of benzene rings is 1. The van der Waals surface area contributed by atoms with E-state index in [-0.39, 0.29) is 5.82 Å². The monoisotopic (exact) mass is 242 g/mol. The zero-order valence-electron chi connectivity index (χ0n) is 10.4. The highest BCUT2D eigenvalue weighted by molar-refractivity contribution is 5.71. The number of hydrogen-bond acceptors (Lipinski definition) is 4. The number of carbonyl (C=O) groups excluding carboxylic acids is 1. The number of aldehydes is 1. The molecule has 1 aromatic carbocycles. The van der Waals surface area contributed by atoms with Gasteiger partial charge in [-0.25, -0.2) is 9.97 Å². The fourth-order valence-corrected chi connectivity index (χ4v) is 1.81. The van der Waals surface area contributed by atoms with Crippen molar-refractivity contribution in [2.75, 3.05) is 7.11 Å². The van der Waals surface area contributed by atoms with Gasteiger partial charge in [0.2, 0.25) is 0 Å². The first kappa shape index (κ1) is 12.2. The summed E-state index contributed by atoms with van der Waals surface area (Å²) in [6.07, 6.45) is 3.11. The molecule has 0 saturated heterocycles. The van der Waals surface area contributed by atoms with Crippen LogP contribution in [0.5, 0.6) is 5.75 Å². The van der Waals surface area contributed by atoms with E-state index in [2.05, 4.69) is 16.9 Å². The van der Waals surface area contributed by atoms with Crippen LogP contribution in [-0.4, -0.2) is 23.4 Å². The first-order valence-corrected chi connectivity index (χ1v) is 5.74. The van der Waals surface area contributed by atoms with Crippen molar-refractivity contribution in [1.29, 1.82) is 0 Å². The Hall–Kier alpha value is -2.23. The van der Waals surface area contributed by atoms with Crippen LogP contribution in [-0.2, 0) is 6.42 Å². The Kier molecular flexibility index (Phi) is 3.67. The molecule has 0 radical (unpaired) electrons. The molecule has 4 nitrogen and oxygen atoms in total. The Labute approximate surface area is 106 Å². The molecule has 0 N–H and O–H groups in total. The van der Waals surface area contributed by atoms with E-state index in [0.29, 0.717) is 6.29 Å². The van der Waals surface area contributed by atoms with Crippen molar-refractivity contribution in [3.63, 3.8) is 0 Å². The molecular weight excluding hydrogens is 228 g/mol. The lowest BCUT2D eigenvalue weighted by Crippen LogP contribution is -1.95. The number of carbonyl (C=O) groups is 1. The second-order valence-corrected chi connectivity index (χ2v) is 3.80. The third-order valence-electron chi connectivity index (χ3n) is 2.74. The lowest BCUT2D eigenvalue weighted by atomic mass is 10.1. The van der Waals surface area contributed by atoms with Crippen molar-refractivity contribution in [3.8, 4) is 17.0 Å². The molecule has 4 heteroatoms. The first-order chi connectivity index (χ1) is 8.78. The van der Waals surface area contributed by atoms with Crippen LogP contribution in [0.4, 0.5) is 0 Å². The zero-order valence-corrected chi connectivity index (χ0v) is 10.4. The molecule has 0 fully saturated rings. The highest BCUT2D eigenvalue weighted by atomic mass is 16.5. The van der Waals surface area contributed by atoms with Gasteiger partial charge in [-0.1, -0.05) is 6.92 Å². The summed E-state index contributed by atoms with van der Waals surface area (Å²) in [4.78, 5) is 18.7. The highest BCUT2D eigenvalue weighted by Crippen LogP contribution is 2.25. The van der Waals surface area contributed by atoms with Crippen LogP contribution in [0, 0.1) is 0 Å². The van der Waals surface area contributed by atoms with E-state index in [1.807, 2.05) is 18.2 Å². The number of rotatable bonds is 4. The average molecular weight is 242 g/mol. The molecule has 1 heterocycles. The van der Waals surface area contributed by atoms with Crippen LogP contribution in [0.25, 0.3) is 11.3 Å². The molecule has 18 heavy (non-hydrogen) atoms. The normalized spacial score (nSPS) is 10.1. The standard InChI is InChI=1S/C14H14N2O2/c1-3-10-8-11(4-5-13(10)18-2)12-6-7-15-14(9-17)16-12/h4-9H,3H2,1-2H3. The molecule has 0 bridgehead atoms. The largest absolute Gasteiger partial charge is 0.496 e. The molecule has 0 saturated carbocycles. The minimum absolute atomic E-state index is 0.196. The molecule has 0 spiro atoms. The Balaban J connectivity index is 2.47. The summed E-state index contributed by atoms with van der Waals surface area (Å²) in [5.74, 6) is 1.06. The quantitative estimate of drug-likeness (QED) is 0.773. The van der Waals surface area contributed by atoms with E-state index in [1.165, 1.54) is 0 Å². The van der Waals surface area contributed by atoms with Crippen LogP contribution < -0.4 is 4.74 Å². The maximum atomic E-state index is 10.7. The Morgan fingerprint density at radius 1 is 1.33 bits per heavy atom. The number of ether oxygens (including phenoxy) is 1. The Bertz CT molecular complexity index is 567. The zero-order chi connectivity index (χ0) is 13.0. The van der Waals surface area contributed by atoms with Gasteiger partial charge < -0.3 is 4.74 Å². The second-order valence-electron chi connectivity index (χ2n) is 3.80. The first-order valence-electron chi connectivity index (χ1n) is 5.74. The second kappa shape index (κ2) is 5.40. The van der Waals surface area contributed by atoms with Crippen LogP contribution in [0.15, 0.2) is 30.5 Å². The molecule has 1 aromatic heterocycles. The number of hydrogen-bond donors (Lipinski definition) is 0. The molecule has 0 atom stereocenters. The maximum absolute atomic E-state index is 10.7. The lowest BCUT2D eigenvalue weighted by molar-refractivity contribution is 0.111. The molecule has 2 rings (SSSR count). The SMILES string of the molecule is CCc1cc(-c2ccnc(C=O)n2)ccc1OC. The van der Waals surface area contributed by atoms with Gasteiger partial charge >= 0.3 is 0 Å². The van der Waals surface area contributed by atoms with Crippen LogP contribution in [0.1, 0.15) is 23.1 Å². The molecule has 92 valence electrons. The van der Waals surface area contributed by atoms with Gasteiger partial charge in [-0.05, 0) is 36.2 Å². The van der Waals surface area contributed by atoms with E-state index in [1.54, 1.807) is 19.4 Å². The van der Waals surface area contributed by atoms with Crippen molar-refractivity contribution in [2.45, 2.75) is 13.3 Å². The summed E-state index contributed by atoms with van der Waals surface area (Å²) in [7, 11) is 1.66. The predicted molar refractivity (Wildman–Crippen MR) is 68.8 cm³/mol. The highest BCUT2D eigenvalue weighted by Gasteiger charge is 2.06. The van der Waals surface area contributed by atoms with Gasteiger partial charge in [-0.2, -0.15) is 0 Å². The van der Waals surface area contributed by atoms with Crippen molar-refractivity contribution in [1.82, 2.24) is 9.97 Å². The fourth-order valence-electron chi connectivity index (χ4n) is 1.81. The number of aromatic nitrogens is 2. The van der Waals surface area contributed by atoms with Crippen LogP contribution in [0.3, 0.4) is 0 Å². The fraction of sp³-hybridized carbons (Fsp3) is 0.214. The molecule has 0 unspecified atom stereocenters. The third-order valence-corrected chi connectivity index (χ3v) is 2.74.